The highest BCUT2D eigenvalue weighted by Crippen LogP contribution is 2.25. The zero-order valence-corrected chi connectivity index (χ0v) is 20.2. The Labute approximate surface area is 203 Å². The molecular formula is C24H25N7O3S. The van der Waals surface area contributed by atoms with Crippen LogP contribution in [0, 0.1) is 13.8 Å². The second-order valence-electron chi connectivity index (χ2n) is 8.27. The van der Waals surface area contributed by atoms with Gasteiger partial charge in [0.25, 0.3) is 0 Å². The van der Waals surface area contributed by atoms with Crippen molar-refractivity contribution in [2.24, 2.45) is 0 Å². The summed E-state index contributed by atoms with van der Waals surface area (Å²) in [7, 11) is -3.60. The largest absolute Gasteiger partial charge is 0.449 e. The summed E-state index contributed by atoms with van der Waals surface area (Å²) < 4.78 is 33.1. The van der Waals surface area contributed by atoms with Crippen LogP contribution in [-0.2, 0) is 10.0 Å². The number of benzene rings is 1. The van der Waals surface area contributed by atoms with E-state index >= 15 is 0 Å². The molecule has 0 amide bonds. The molecule has 0 unspecified atom stereocenters. The van der Waals surface area contributed by atoms with Crippen LogP contribution in [0.15, 0.2) is 70.6 Å². The summed E-state index contributed by atoms with van der Waals surface area (Å²) in [6.07, 6.45) is 4.79. The lowest BCUT2D eigenvalue weighted by Crippen LogP contribution is -2.48. The van der Waals surface area contributed by atoms with Crippen LogP contribution in [-0.4, -0.2) is 58.8 Å². The van der Waals surface area contributed by atoms with Gasteiger partial charge in [0.05, 0.1) is 4.90 Å². The zero-order chi connectivity index (χ0) is 24.4. The highest BCUT2D eigenvalue weighted by Gasteiger charge is 2.29. The van der Waals surface area contributed by atoms with Crippen molar-refractivity contribution < 1.29 is 12.8 Å². The van der Waals surface area contributed by atoms with Gasteiger partial charge < -0.3 is 14.6 Å². The monoisotopic (exact) mass is 491 g/mol. The van der Waals surface area contributed by atoms with Crippen LogP contribution in [0.5, 0.6) is 0 Å². The van der Waals surface area contributed by atoms with Crippen LogP contribution >= 0.6 is 0 Å². The van der Waals surface area contributed by atoms with E-state index in [1.165, 1.54) is 10.6 Å². The molecule has 0 aliphatic carbocycles. The molecule has 35 heavy (non-hydrogen) atoms. The second-order valence-corrected chi connectivity index (χ2v) is 10.2. The number of nitrogens with zero attached hydrogens (tertiary/aromatic N) is 6. The first kappa shape index (κ1) is 22.9. The summed E-state index contributed by atoms with van der Waals surface area (Å²) in [5.74, 6) is 2.63. The molecule has 0 spiro atoms. The fourth-order valence-corrected chi connectivity index (χ4v) is 5.35. The predicted molar refractivity (Wildman–Crippen MR) is 132 cm³/mol. The number of pyridine rings is 1. The smallest absolute Gasteiger partial charge is 0.243 e. The Morgan fingerprint density at radius 1 is 0.914 bits per heavy atom. The Morgan fingerprint density at radius 2 is 1.66 bits per heavy atom. The van der Waals surface area contributed by atoms with Crippen molar-refractivity contribution in [3.05, 3.63) is 72.7 Å². The number of hydrogen-bond acceptors (Lipinski definition) is 9. The molecule has 0 atom stereocenters. The van der Waals surface area contributed by atoms with E-state index < -0.39 is 10.0 Å². The number of aryl methyl sites for hydroxylation is 2. The van der Waals surface area contributed by atoms with Crippen molar-refractivity contribution in [1.82, 2.24) is 24.2 Å². The Morgan fingerprint density at radius 3 is 2.34 bits per heavy atom. The molecule has 1 aromatic carbocycles. The van der Waals surface area contributed by atoms with Gasteiger partial charge in [0, 0.05) is 50.9 Å². The normalized spacial score (nSPS) is 14.7. The summed E-state index contributed by atoms with van der Waals surface area (Å²) in [4.78, 5) is 19.6. The van der Waals surface area contributed by atoms with Gasteiger partial charge in [0.1, 0.15) is 35.7 Å². The molecule has 11 heteroatoms. The summed E-state index contributed by atoms with van der Waals surface area (Å²) in [5, 5.41) is 3.19. The summed E-state index contributed by atoms with van der Waals surface area (Å²) >= 11 is 0. The Hall–Kier alpha value is -3.83. The molecule has 4 heterocycles. The zero-order valence-electron chi connectivity index (χ0n) is 19.4. The lowest BCUT2D eigenvalue weighted by molar-refractivity contribution is 0.384. The van der Waals surface area contributed by atoms with Crippen molar-refractivity contribution in [2.75, 3.05) is 36.4 Å². The highest BCUT2D eigenvalue weighted by atomic mass is 32.2. The van der Waals surface area contributed by atoms with Gasteiger partial charge in [-0.3, -0.25) is 0 Å². The first-order valence-corrected chi connectivity index (χ1v) is 12.6. The molecule has 1 aliphatic rings. The molecule has 1 saturated heterocycles. The average molecular weight is 492 g/mol. The molecule has 180 valence electrons. The van der Waals surface area contributed by atoms with E-state index in [4.69, 9.17) is 4.42 Å². The van der Waals surface area contributed by atoms with E-state index in [9.17, 15) is 8.42 Å². The van der Waals surface area contributed by atoms with Crippen molar-refractivity contribution in [3.8, 4) is 11.3 Å². The maximum absolute atomic E-state index is 13.2. The van der Waals surface area contributed by atoms with Crippen LogP contribution in [0.25, 0.3) is 11.3 Å². The van der Waals surface area contributed by atoms with E-state index in [1.807, 2.05) is 25.1 Å². The number of oxazole rings is 1. The standard InChI is InChI=1S/C24H25N7O3S/c1-17-7-8-25-22(13-17)29-23-14-24(27-16-26-23)30-9-11-31(12-10-30)35(32,33)20-5-3-19(4-6-20)21-15-34-18(2)28-21/h3-8,13-16H,9-12H2,1-2H3,(H,25,26,27,29). The molecule has 0 saturated carbocycles. The number of hydrogen-bond donors (Lipinski definition) is 1. The predicted octanol–water partition coefficient (Wildman–Crippen LogP) is 3.40. The van der Waals surface area contributed by atoms with E-state index in [0.717, 1.165) is 16.9 Å². The van der Waals surface area contributed by atoms with Gasteiger partial charge in [0.15, 0.2) is 5.89 Å². The van der Waals surface area contributed by atoms with Crippen LogP contribution in [0.2, 0.25) is 0 Å². The molecule has 1 N–H and O–H groups in total. The third kappa shape index (κ3) is 5.00. The minimum atomic E-state index is -3.60. The van der Waals surface area contributed by atoms with Crippen molar-refractivity contribution in [3.63, 3.8) is 0 Å². The molecular weight excluding hydrogens is 466 g/mol. The minimum Gasteiger partial charge on any atom is -0.449 e. The Balaban J connectivity index is 1.24. The van der Waals surface area contributed by atoms with Gasteiger partial charge >= 0.3 is 0 Å². The number of nitrogens with one attached hydrogen (secondary N) is 1. The Kier molecular flexibility index (Phi) is 6.18. The van der Waals surface area contributed by atoms with Gasteiger partial charge in [-0.2, -0.15) is 4.31 Å². The summed E-state index contributed by atoms with van der Waals surface area (Å²) in [5.41, 5.74) is 2.58. The van der Waals surface area contributed by atoms with Crippen LogP contribution in [0.1, 0.15) is 11.5 Å². The van der Waals surface area contributed by atoms with Gasteiger partial charge in [-0.1, -0.05) is 12.1 Å². The maximum Gasteiger partial charge on any atom is 0.243 e. The summed E-state index contributed by atoms with van der Waals surface area (Å²) in [6.45, 7) is 5.53. The molecule has 4 aromatic rings. The van der Waals surface area contributed by atoms with Gasteiger partial charge in [-0.25, -0.2) is 28.4 Å². The molecule has 5 rings (SSSR count). The van der Waals surface area contributed by atoms with E-state index in [2.05, 4.69) is 30.2 Å². The molecule has 1 aliphatic heterocycles. The van der Waals surface area contributed by atoms with Crippen LogP contribution < -0.4 is 10.2 Å². The fourth-order valence-electron chi connectivity index (χ4n) is 3.92. The summed E-state index contributed by atoms with van der Waals surface area (Å²) in [6, 6.07) is 12.4. The van der Waals surface area contributed by atoms with Gasteiger partial charge in [-0.05, 0) is 36.8 Å². The lowest BCUT2D eigenvalue weighted by atomic mass is 10.2. The van der Waals surface area contributed by atoms with E-state index in [0.29, 0.717) is 49.4 Å². The highest BCUT2D eigenvalue weighted by molar-refractivity contribution is 7.89. The molecule has 10 nitrogen and oxygen atoms in total. The SMILES string of the molecule is Cc1ccnc(Nc2cc(N3CCN(S(=O)(=O)c4ccc(-c5coc(C)n5)cc4)CC3)ncn2)c1. The molecule has 0 radical (unpaired) electrons. The number of sulfonamides is 1. The third-order valence-electron chi connectivity index (χ3n) is 5.79. The van der Waals surface area contributed by atoms with Crippen LogP contribution in [0.3, 0.4) is 0 Å². The minimum absolute atomic E-state index is 0.258. The van der Waals surface area contributed by atoms with Gasteiger partial charge in [0.2, 0.25) is 10.0 Å². The first-order chi connectivity index (χ1) is 16.9. The topological polar surface area (TPSA) is 117 Å². The third-order valence-corrected chi connectivity index (χ3v) is 7.71. The average Bonchev–Trinajstić information content (AvgIpc) is 3.31. The van der Waals surface area contributed by atoms with Crippen LogP contribution in [0.4, 0.5) is 17.5 Å². The van der Waals surface area contributed by atoms with Crippen molar-refractivity contribution in [1.29, 1.82) is 0 Å². The van der Waals surface area contributed by atoms with Crippen molar-refractivity contribution >= 4 is 27.5 Å². The quantitative estimate of drug-likeness (QED) is 0.433. The lowest BCUT2D eigenvalue weighted by Gasteiger charge is -2.34. The number of anilines is 3. The molecule has 0 bridgehead atoms. The molecule has 3 aromatic heterocycles. The van der Waals surface area contributed by atoms with E-state index in [-0.39, 0.29) is 4.90 Å². The molecule has 1 fully saturated rings. The first-order valence-electron chi connectivity index (χ1n) is 11.2. The number of aromatic nitrogens is 4. The number of piperazine rings is 1. The number of rotatable bonds is 6. The fraction of sp³-hybridized carbons (Fsp3) is 0.250. The van der Waals surface area contributed by atoms with E-state index in [1.54, 1.807) is 43.6 Å². The Bertz CT molecular complexity index is 1430. The van der Waals surface area contributed by atoms with Crippen molar-refractivity contribution in [2.45, 2.75) is 18.7 Å². The second kappa shape index (κ2) is 9.43. The maximum atomic E-state index is 13.2. The van der Waals surface area contributed by atoms with Gasteiger partial charge in [-0.15, -0.1) is 0 Å².